The normalized spacial score (nSPS) is 11.3. The molecule has 130 valence electrons. The number of aromatic nitrogens is 2. The Morgan fingerprint density at radius 2 is 1.35 bits per heavy atom. The Labute approximate surface area is 156 Å². The van der Waals surface area contributed by atoms with Crippen molar-refractivity contribution in [2.24, 2.45) is 0 Å². The molecule has 0 saturated heterocycles. The molecule has 0 aliphatic heterocycles. The fraction of sp³-hybridized carbons (Fsp3) is 0.174. The van der Waals surface area contributed by atoms with E-state index in [1.54, 1.807) is 0 Å². The zero-order chi connectivity index (χ0) is 17.8. The summed E-state index contributed by atoms with van der Waals surface area (Å²) in [5.41, 5.74) is 3.54. The van der Waals surface area contributed by atoms with Crippen molar-refractivity contribution < 1.29 is 0 Å². The van der Waals surface area contributed by atoms with E-state index in [9.17, 15) is 0 Å². The fourth-order valence-corrected chi connectivity index (χ4v) is 5.66. The maximum atomic E-state index is 5.11. The van der Waals surface area contributed by atoms with E-state index < -0.39 is 7.92 Å². The zero-order valence-electron chi connectivity index (χ0n) is 15.0. The summed E-state index contributed by atoms with van der Waals surface area (Å²) in [6.45, 7) is 3.26. The second kappa shape index (κ2) is 7.85. The van der Waals surface area contributed by atoms with E-state index >= 15 is 0 Å². The monoisotopic (exact) mass is 358 g/mol. The average molecular weight is 358 g/mol. The predicted octanol–water partition coefficient (Wildman–Crippen LogP) is 4.59. The Balaban J connectivity index is 1.93. The molecular formula is C23H23N2P. The van der Waals surface area contributed by atoms with E-state index in [2.05, 4.69) is 96.4 Å². The predicted molar refractivity (Wildman–Crippen MR) is 113 cm³/mol. The average Bonchev–Trinajstić information content (AvgIpc) is 3.06. The molecule has 0 radical (unpaired) electrons. The number of hydrogen-bond acceptors (Lipinski definition) is 1. The van der Waals surface area contributed by atoms with Gasteiger partial charge in [-0.05, 0) is 29.2 Å². The third-order valence-electron chi connectivity index (χ3n) is 4.60. The number of rotatable bonds is 6. The van der Waals surface area contributed by atoms with Crippen LogP contribution >= 0.6 is 7.92 Å². The summed E-state index contributed by atoms with van der Waals surface area (Å²) in [4.78, 5) is 5.11. The first-order chi connectivity index (χ1) is 12.9. The van der Waals surface area contributed by atoms with Crippen LogP contribution in [0.25, 0.3) is 11.0 Å². The maximum absolute atomic E-state index is 5.11. The second-order valence-electron chi connectivity index (χ2n) is 6.41. The van der Waals surface area contributed by atoms with E-state index in [1.807, 2.05) is 0 Å². The van der Waals surface area contributed by atoms with Gasteiger partial charge in [-0.3, -0.25) is 0 Å². The highest BCUT2D eigenvalue weighted by molar-refractivity contribution is 7.79. The molecular weight excluding hydrogens is 335 g/mol. The summed E-state index contributed by atoms with van der Waals surface area (Å²) in [5.74, 6) is 0. The van der Waals surface area contributed by atoms with E-state index in [4.69, 9.17) is 4.98 Å². The standard InChI is InChI=1S/C23H23N2P/c1-2-3-18-25-22-17-11-10-16-21(22)24-23(25)26(19-12-6-4-7-13-19)20-14-8-5-9-15-20/h4-17H,2-3,18H2,1H3. The summed E-state index contributed by atoms with van der Waals surface area (Å²) >= 11 is 0. The number of para-hydroxylation sites is 2. The van der Waals surface area contributed by atoms with E-state index in [1.165, 1.54) is 34.5 Å². The minimum Gasteiger partial charge on any atom is -0.324 e. The fourth-order valence-electron chi connectivity index (χ4n) is 3.30. The third-order valence-corrected chi connectivity index (χ3v) is 6.97. The van der Waals surface area contributed by atoms with Gasteiger partial charge in [0.25, 0.3) is 0 Å². The van der Waals surface area contributed by atoms with E-state index in [-0.39, 0.29) is 0 Å². The number of hydrogen-bond donors (Lipinski definition) is 0. The molecule has 2 nitrogen and oxygen atoms in total. The summed E-state index contributed by atoms with van der Waals surface area (Å²) in [6.07, 6.45) is 2.35. The van der Waals surface area contributed by atoms with Crippen molar-refractivity contribution in [3.05, 3.63) is 84.9 Å². The largest absolute Gasteiger partial charge is 0.324 e. The lowest BCUT2D eigenvalue weighted by atomic mass is 10.3. The highest BCUT2D eigenvalue weighted by Crippen LogP contribution is 2.33. The van der Waals surface area contributed by atoms with Crippen LogP contribution in [0.15, 0.2) is 84.9 Å². The van der Waals surface area contributed by atoms with E-state index in [0.717, 1.165) is 12.1 Å². The molecule has 0 N–H and O–H groups in total. The molecule has 3 aromatic carbocycles. The molecule has 0 saturated carbocycles. The molecule has 0 amide bonds. The first-order valence-corrected chi connectivity index (χ1v) is 10.6. The number of unbranched alkanes of at least 4 members (excludes halogenated alkanes) is 1. The smallest absolute Gasteiger partial charge is 0.141 e. The lowest BCUT2D eigenvalue weighted by Crippen LogP contribution is -2.28. The number of fused-ring (bicyclic) bond motifs is 1. The lowest BCUT2D eigenvalue weighted by Gasteiger charge is -2.20. The first kappa shape index (κ1) is 17.0. The molecule has 0 bridgehead atoms. The van der Waals surface area contributed by atoms with Gasteiger partial charge in [0.1, 0.15) is 5.57 Å². The molecule has 3 heteroatoms. The summed E-state index contributed by atoms with van der Waals surface area (Å²) in [6, 6.07) is 30.2. The molecule has 4 aromatic rings. The van der Waals surface area contributed by atoms with Crippen molar-refractivity contribution >= 4 is 35.1 Å². The van der Waals surface area contributed by atoms with Crippen LogP contribution in [-0.4, -0.2) is 9.55 Å². The Morgan fingerprint density at radius 1 is 0.769 bits per heavy atom. The van der Waals surface area contributed by atoms with E-state index in [0.29, 0.717) is 0 Å². The van der Waals surface area contributed by atoms with Gasteiger partial charge >= 0.3 is 0 Å². The van der Waals surface area contributed by atoms with Gasteiger partial charge in [0, 0.05) is 14.5 Å². The van der Waals surface area contributed by atoms with Crippen LogP contribution in [0.2, 0.25) is 0 Å². The molecule has 0 fully saturated rings. The van der Waals surface area contributed by atoms with Gasteiger partial charge in [-0.1, -0.05) is 86.1 Å². The summed E-state index contributed by atoms with van der Waals surface area (Å²) < 4.78 is 2.45. The van der Waals surface area contributed by atoms with Crippen LogP contribution in [0.1, 0.15) is 19.8 Å². The Morgan fingerprint density at radius 3 is 1.96 bits per heavy atom. The summed E-state index contributed by atoms with van der Waals surface area (Å²) in [5, 5.41) is 2.70. The van der Waals surface area contributed by atoms with Gasteiger partial charge in [0.2, 0.25) is 0 Å². The SMILES string of the molecule is CCCCn1c(P(c2ccccc2)c2ccccc2)nc2ccccc21. The van der Waals surface area contributed by atoms with Gasteiger partial charge < -0.3 is 4.57 Å². The maximum Gasteiger partial charge on any atom is 0.141 e. The Kier molecular flexibility index (Phi) is 5.13. The van der Waals surface area contributed by atoms with Crippen molar-refractivity contribution in [2.45, 2.75) is 26.3 Å². The van der Waals surface area contributed by atoms with Crippen LogP contribution in [0.4, 0.5) is 0 Å². The number of aryl methyl sites for hydroxylation is 1. The van der Waals surface area contributed by atoms with Crippen molar-refractivity contribution in [1.29, 1.82) is 0 Å². The lowest BCUT2D eigenvalue weighted by molar-refractivity contribution is 0.658. The zero-order valence-corrected chi connectivity index (χ0v) is 15.9. The highest BCUT2D eigenvalue weighted by atomic mass is 31.1. The topological polar surface area (TPSA) is 17.8 Å². The van der Waals surface area contributed by atoms with Gasteiger partial charge in [-0.25, -0.2) is 4.98 Å². The van der Waals surface area contributed by atoms with Crippen LogP contribution < -0.4 is 16.2 Å². The molecule has 0 aliphatic carbocycles. The van der Waals surface area contributed by atoms with Gasteiger partial charge in [0.05, 0.1) is 11.0 Å². The minimum absolute atomic E-state index is 0.678. The molecule has 0 spiro atoms. The first-order valence-electron chi connectivity index (χ1n) is 9.24. The third kappa shape index (κ3) is 3.30. The van der Waals surface area contributed by atoms with Gasteiger partial charge in [-0.2, -0.15) is 0 Å². The van der Waals surface area contributed by atoms with Gasteiger partial charge in [-0.15, -0.1) is 0 Å². The number of imidazole rings is 1. The molecule has 0 aliphatic rings. The van der Waals surface area contributed by atoms with Crippen LogP contribution in [-0.2, 0) is 6.54 Å². The van der Waals surface area contributed by atoms with Crippen molar-refractivity contribution in [1.82, 2.24) is 9.55 Å². The Hall–Kier alpha value is -2.44. The van der Waals surface area contributed by atoms with Crippen LogP contribution in [0, 0.1) is 0 Å². The quantitative estimate of drug-likeness (QED) is 0.461. The summed E-state index contributed by atoms with van der Waals surface area (Å²) in [7, 11) is -0.678. The Bertz CT molecular complexity index is 937. The molecule has 26 heavy (non-hydrogen) atoms. The molecule has 1 aromatic heterocycles. The van der Waals surface area contributed by atoms with Gasteiger partial charge in [0.15, 0.2) is 0 Å². The van der Waals surface area contributed by atoms with Crippen molar-refractivity contribution in [2.75, 3.05) is 0 Å². The van der Waals surface area contributed by atoms with Crippen molar-refractivity contribution in [3.63, 3.8) is 0 Å². The molecule has 4 rings (SSSR count). The minimum atomic E-state index is -0.678. The van der Waals surface area contributed by atoms with Crippen LogP contribution in [0.3, 0.4) is 0 Å². The molecule has 0 atom stereocenters. The molecule has 1 heterocycles. The molecule has 0 unspecified atom stereocenters. The number of benzene rings is 3. The van der Waals surface area contributed by atoms with Crippen LogP contribution in [0.5, 0.6) is 0 Å². The van der Waals surface area contributed by atoms with Crippen molar-refractivity contribution in [3.8, 4) is 0 Å². The second-order valence-corrected chi connectivity index (χ2v) is 8.52. The highest BCUT2D eigenvalue weighted by Gasteiger charge is 2.23. The number of nitrogens with zero attached hydrogens (tertiary/aromatic N) is 2.